The van der Waals surface area contributed by atoms with Crippen molar-refractivity contribution in [2.24, 2.45) is 0 Å². The van der Waals surface area contributed by atoms with Crippen LogP contribution in [0.15, 0.2) is 47.8 Å². The van der Waals surface area contributed by atoms with Gasteiger partial charge >= 0.3 is 5.97 Å². The minimum absolute atomic E-state index is 0.0686. The lowest BCUT2D eigenvalue weighted by molar-refractivity contribution is -0.146. The number of nitrogens with zero attached hydrogens (tertiary/aromatic N) is 5. The van der Waals surface area contributed by atoms with E-state index in [0.717, 1.165) is 33.0 Å². The summed E-state index contributed by atoms with van der Waals surface area (Å²) in [7, 11) is 0. The van der Waals surface area contributed by atoms with E-state index in [9.17, 15) is 9.59 Å². The molecule has 0 saturated carbocycles. The van der Waals surface area contributed by atoms with Gasteiger partial charge in [0.15, 0.2) is 5.65 Å². The van der Waals surface area contributed by atoms with E-state index >= 15 is 0 Å². The van der Waals surface area contributed by atoms with Crippen molar-refractivity contribution in [2.45, 2.75) is 51.2 Å². The fraction of sp³-hybridized carbons (Fsp3) is 0.333. The number of fused-ring (bicyclic) bond motifs is 3. The molecule has 1 aromatic carbocycles. The maximum Gasteiger partial charge on any atom is 0.302 e. The standard InChI is InChI=1S/C24H25N5O3S/c1-14-5-7-20(8-6-14)33-28-12-15(2)22-24(28)26-11-18-10-25-23(29(18)22)21-9-19(32-17(4)31)13-27(21)16(3)30/h5-8,10-12,19,21H,9,13H2,1-4H3. The van der Waals surface area contributed by atoms with Crippen LogP contribution in [0.1, 0.15) is 43.3 Å². The largest absolute Gasteiger partial charge is 0.461 e. The van der Waals surface area contributed by atoms with Crippen LogP contribution in [0.2, 0.25) is 0 Å². The highest BCUT2D eigenvalue weighted by atomic mass is 32.2. The van der Waals surface area contributed by atoms with Crippen LogP contribution in [-0.2, 0) is 14.3 Å². The van der Waals surface area contributed by atoms with Crippen molar-refractivity contribution in [2.75, 3.05) is 6.54 Å². The van der Waals surface area contributed by atoms with Gasteiger partial charge in [0.05, 0.1) is 36.0 Å². The SMILES string of the molecule is CC(=O)OC1CC(c2ncc3cnc4c(c(C)cn4Sc4ccc(C)cc4)n23)N(C(C)=O)C1. The van der Waals surface area contributed by atoms with E-state index in [1.807, 2.05) is 0 Å². The molecule has 170 valence electrons. The van der Waals surface area contributed by atoms with Crippen molar-refractivity contribution >= 4 is 40.5 Å². The topological polar surface area (TPSA) is 81.7 Å². The van der Waals surface area contributed by atoms with Gasteiger partial charge in [0.25, 0.3) is 0 Å². The molecular weight excluding hydrogens is 438 g/mol. The van der Waals surface area contributed by atoms with Crippen LogP contribution in [-0.4, -0.2) is 47.8 Å². The van der Waals surface area contributed by atoms with Crippen molar-refractivity contribution in [3.05, 3.63) is 59.8 Å². The molecule has 2 unspecified atom stereocenters. The molecule has 4 heterocycles. The third kappa shape index (κ3) is 3.86. The number of ether oxygens (including phenoxy) is 1. The zero-order valence-corrected chi connectivity index (χ0v) is 19.8. The molecule has 1 fully saturated rings. The number of carbonyl (C=O) groups is 2. The first-order chi connectivity index (χ1) is 15.8. The lowest BCUT2D eigenvalue weighted by atomic mass is 10.2. The summed E-state index contributed by atoms with van der Waals surface area (Å²) in [5, 5.41) is 0. The van der Waals surface area contributed by atoms with Crippen LogP contribution in [0.3, 0.4) is 0 Å². The number of amides is 1. The summed E-state index contributed by atoms with van der Waals surface area (Å²) >= 11 is 1.61. The number of aromatic nitrogens is 4. The summed E-state index contributed by atoms with van der Waals surface area (Å²) in [4.78, 5) is 36.2. The molecule has 4 aromatic rings. The lowest BCUT2D eigenvalue weighted by Gasteiger charge is -2.22. The molecule has 1 amide bonds. The average Bonchev–Trinajstić information content (AvgIpc) is 3.44. The zero-order valence-electron chi connectivity index (χ0n) is 19.0. The number of hydrogen-bond acceptors (Lipinski definition) is 6. The maximum atomic E-state index is 12.4. The second-order valence-corrected chi connectivity index (χ2v) is 9.55. The highest BCUT2D eigenvalue weighted by Crippen LogP contribution is 2.36. The van der Waals surface area contributed by atoms with E-state index in [-0.39, 0.29) is 24.0 Å². The molecule has 9 heteroatoms. The van der Waals surface area contributed by atoms with Gasteiger partial charge < -0.3 is 9.64 Å². The lowest BCUT2D eigenvalue weighted by Crippen LogP contribution is -2.31. The van der Waals surface area contributed by atoms with Crippen LogP contribution in [0, 0.1) is 13.8 Å². The van der Waals surface area contributed by atoms with Crippen molar-refractivity contribution in [3.8, 4) is 0 Å². The Hall–Kier alpha value is -3.33. The van der Waals surface area contributed by atoms with Crippen LogP contribution in [0.25, 0.3) is 16.7 Å². The molecule has 0 radical (unpaired) electrons. The number of hydrogen-bond donors (Lipinski definition) is 0. The molecule has 33 heavy (non-hydrogen) atoms. The summed E-state index contributed by atoms with van der Waals surface area (Å²) in [6.07, 6.45) is 5.83. The summed E-state index contributed by atoms with van der Waals surface area (Å²) < 4.78 is 9.58. The van der Waals surface area contributed by atoms with Gasteiger partial charge in [-0.2, -0.15) is 0 Å². The molecule has 8 nitrogen and oxygen atoms in total. The Morgan fingerprint density at radius 1 is 1.09 bits per heavy atom. The molecule has 2 atom stereocenters. The fourth-order valence-electron chi connectivity index (χ4n) is 4.54. The second kappa shape index (κ2) is 8.22. The monoisotopic (exact) mass is 463 g/mol. The summed E-state index contributed by atoms with van der Waals surface area (Å²) in [5.74, 6) is 0.342. The number of likely N-dealkylation sites (tertiary alicyclic amines) is 1. The van der Waals surface area contributed by atoms with E-state index in [0.29, 0.717) is 13.0 Å². The number of benzene rings is 1. The quantitative estimate of drug-likeness (QED) is 0.424. The average molecular weight is 464 g/mol. The first kappa shape index (κ1) is 21.5. The number of aryl methyl sites for hydroxylation is 2. The van der Waals surface area contributed by atoms with Crippen molar-refractivity contribution in [1.29, 1.82) is 0 Å². The van der Waals surface area contributed by atoms with Crippen LogP contribution in [0.5, 0.6) is 0 Å². The Morgan fingerprint density at radius 3 is 2.52 bits per heavy atom. The molecule has 0 aliphatic carbocycles. The molecule has 5 rings (SSSR count). The van der Waals surface area contributed by atoms with Gasteiger partial charge in [0, 0.05) is 31.4 Å². The fourth-order valence-corrected chi connectivity index (χ4v) is 5.46. The molecule has 0 bridgehead atoms. The zero-order chi connectivity index (χ0) is 23.3. The van der Waals surface area contributed by atoms with Crippen molar-refractivity contribution in [3.63, 3.8) is 0 Å². The van der Waals surface area contributed by atoms with Gasteiger partial charge in [0.1, 0.15) is 11.9 Å². The van der Waals surface area contributed by atoms with Gasteiger partial charge in [0.2, 0.25) is 5.91 Å². The molecule has 0 N–H and O–H groups in total. The number of esters is 1. The van der Waals surface area contributed by atoms with Crippen LogP contribution < -0.4 is 0 Å². The van der Waals surface area contributed by atoms with E-state index in [4.69, 9.17) is 14.7 Å². The summed E-state index contributed by atoms with van der Waals surface area (Å²) in [6.45, 7) is 7.42. The number of rotatable bonds is 4. The second-order valence-electron chi connectivity index (χ2n) is 8.50. The predicted octanol–water partition coefficient (Wildman–Crippen LogP) is 4.08. The Morgan fingerprint density at radius 2 is 1.82 bits per heavy atom. The first-order valence-electron chi connectivity index (χ1n) is 10.8. The van der Waals surface area contributed by atoms with Crippen molar-refractivity contribution < 1.29 is 14.3 Å². The summed E-state index contributed by atoms with van der Waals surface area (Å²) in [5.41, 5.74) is 4.92. The van der Waals surface area contributed by atoms with Crippen LogP contribution >= 0.6 is 11.9 Å². The Kier molecular flexibility index (Phi) is 5.36. The molecule has 3 aromatic heterocycles. The highest BCUT2D eigenvalue weighted by Gasteiger charge is 2.39. The third-order valence-electron chi connectivity index (χ3n) is 5.99. The minimum Gasteiger partial charge on any atom is -0.461 e. The molecule has 0 spiro atoms. The predicted molar refractivity (Wildman–Crippen MR) is 126 cm³/mol. The van der Waals surface area contributed by atoms with Gasteiger partial charge in [-0.15, -0.1) is 0 Å². The van der Waals surface area contributed by atoms with E-state index in [2.05, 4.69) is 52.7 Å². The summed E-state index contributed by atoms with van der Waals surface area (Å²) in [6, 6.07) is 8.10. The minimum atomic E-state index is -0.344. The Balaban J connectivity index is 1.60. The molecule has 1 aliphatic heterocycles. The van der Waals surface area contributed by atoms with Gasteiger partial charge in [-0.1, -0.05) is 17.7 Å². The highest BCUT2D eigenvalue weighted by molar-refractivity contribution is 7.98. The number of carbonyl (C=O) groups excluding carboxylic acids is 2. The van der Waals surface area contributed by atoms with E-state index in [1.54, 1.807) is 29.2 Å². The molecular formula is C24H25N5O3S. The van der Waals surface area contributed by atoms with Crippen molar-refractivity contribution in [1.82, 2.24) is 23.2 Å². The van der Waals surface area contributed by atoms with E-state index < -0.39 is 0 Å². The molecule has 1 aliphatic rings. The maximum absolute atomic E-state index is 12.4. The van der Waals surface area contributed by atoms with Crippen LogP contribution in [0.4, 0.5) is 0 Å². The third-order valence-corrected chi connectivity index (χ3v) is 6.94. The normalized spacial score (nSPS) is 18.4. The van der Waals surface area contributed by atoms with Gasteiger partial charge in [-0.3, -0.25) is 18.0 Å². The van der Waals surface area contributed by atoms with Gasteiger partial charge in [-0.25, -0.2) is 9.97 Å². The first-order valence-corrected chi connectivity index (χ1v) is 11.6. The smallest absolute Gasteiger partial charge is 0.302 e. The Labute approximate surface area is 195 Å². The molecule has 1 saturated heterocycles. The van der Waals surface area contributed by atoms with E-state index in [1.165, 1.54) is 19.4 Å². The van der Waals surface area contributed by atoms with Gasteiger partial charge in [-0.05, 0) is 43.5 Å². The number of imidazole rings is 1. The Bertz CT molecular complexity index is 1370.